The van der Waals surface area contributed by atoms with Crippen molar-refractivity contribution in [1.82, 2.24) is 0 Å². The van der Waals surface area contributed by atoms with Crippen molar-refractivity contribution in [2.75, 3.05) is 0 Å². The second-order valence-corrected chi connectivity index (χ2v) is 4.84. The lowest BCUT2D eigenvalue weighted by Gasteiger charge is -2.16. The van der Waals surface area contributed by atoms with Crippen molar-refractivity contribution < 1.29 is 13.2 Å². The van der Waals surface area contributed by atoms with Gasteiger partial charge in [-0.05, 0) is 30.2 Å². The second kappa shape index (κ2) is 5.87. The van der Waals surface area contributed by atoms with E-state index in [4.69, 9.17) is 5.73 Å². The fourth-order valence-corrected chi connectivity index (χ4v) is 2.12. The summed E-state index contributed by atoms with van der Waals surface area (Å²) >= 11 is 3.24. The maximum absolute atomic E-state index is 12.6. The summed E-state index contributed by atoms with van der Waals surface area (Å²) in [4.78, 5) is 0. The number of hydrogen-bond acceptors (Lipinski definition) is 1. The van der Waals surface area contributed by atoms with E-state index in [0.29, 0.717) is 16.5 Å². The summed E-state index contributed by atoms with van der Waals surface area (Å²) in [5.41, 5.74) is 5.77. The molecule has 1 aromatic carbocycles. The zero-order valence-corrected chi connectivity index (χ0v) is 11.1. The number of rotatable bonds is 4. The highest BCUT2D eigenvalue weighted by molar-refractivity contribution is 9.10. The predicted molar refractivity (Wildman–Crippen MR) is 65.6 cm³/mol. The standard InChI is InChI=1S/C12H15BrF3N/c1-2-3-4-11(17)9-7-8(12(14,15)16)5-6-10(9)13/h5-7,11H,2-4,17H2,1H3. The average Bonchev–Trinajstić information content (AvgIpc) is 2.24. The van der Waals surface area contributed by atoms with Crippen LogP contribution < -0.4 is 5.73 Å². The van der Waals surface area contributed by atoms with Crippen molar-refractivity contribution in [3.8, 4) is 0 Å². The molecule has 0 amide bonds. The Morgan fingerprint density at radius 1 is 1.35 bits per heavy atom. The molecular weight excluding hydrogens is 295 g/mol. The zero-order chi connectivity index (χ0) is 13.1. The third kappa shape index (κ3) is 4.00. The maximum Gasteiger partial charge on any atom is 0.416 e. The molecule has 0 aromatic heterocycles. The van der Waals surface area contributed by atoms with E-state index in [1.165, 1.54) is 6.07 Å². The fourth-order valence-electron chi connectivity index (χ4n) is 1.58. The molecule has 1 nitrogen and oxygen atoms in total. The summed E-state index contributed by atoms with van der Waals surface area (Å²) in [5.74, 6) is 0. The van der Waals surface area contributed by atoms with Crippen LogP contribution in [0, 0.1) is 0 Å². The van der Waals surface area contributed by atoms with Crippen LogP contribution in [0.5, 0.6) is 0 Å². The molecule has 1 aromatic rings. The van der Waals surface area contributed by atoms with Crippen LogP contribution in [0.25, 0.3) is 0 Å². The first-order valence-electron chi connectivity index (χ1n) is 5.48. The lowest BCUT2D eigenvalue weighted by atomic mass is 10.00. The molecule has 0 radical (unpaired) electrons. The molecule has 1 unspecified atom stereocenters. The second-order valence-electron chi connectivity index (χ2n) is 3.98. The van der Waals surface area contributed by atoms with Crippen LogP contribution in [0.1, 0.15) is 43.4 Å². The molecule has 0 heterocycles. The van der Waals surface area contributed by atoms with Gasteiger partial charge in [0.1, 0.15) is 0 Å². The molecule has 0 spiro atoms. The van der Waals surface area contributed by atoms with E-state index >= 15 is 0 Å². The summed E-state index contributed by atoms with van der Waals surface area (Å²) in [6.07, 6.45) is -1.75. The largest absolute Gasteiger partial charge is 0.416 e. The van der Waals surface area contributed by atoms with Gasteiger partial charge >= 0.3 is 6.18 Å². The van der Waals surface area contributed by atoms with Gasteiger partial charge in [0.2, 0.25) is 0 Å². The molecule has 0 aliphatic carbocycles. The fraction of sp³-hybridized carbons (Fsp3) is 0.500. The smallest absolute Gasteiger partial charge is 0.324 e. The van der Waals surface area contributed by atoms with Gasteiger partial charge in [-0.25, -0.2) is 0 Å². The van der Waals surface area contributed by atoms with Crippen molar-refractivity contribution in [1.29, 1.82) is 0 Å². The van der Waals surface area contributed by atoms with Gasteiger partial charge in [-0.1, -0.05) is 35.7 Å². The maximum atomic E-state index is 12.6. The summed E-state index contributed by atoms with van der Waals surface area (Å²) in [5, 5.41) is 0. The highest BCUT2D eigenvalue weighted by Gasteiger charge is 2.31. The molecule has 5 heteroatoms. The normalized spacial score (nSPS) is 13.8. The first-order valence-corrected chi connectivity index (χ1v) is 6.27. The molecule has 96 valence electrons. The van der Waals surface area contributed by atoms with Crippen molar-refractivity contribution in [2.45, 2.75) is 38.4 Å². The number of alkyl halides is 3. The minimum absolute atomic E-state index is 0.355. The number of hydrogen-bond donors (Lipinski definition) is 1. The highest BCUT2D eigenvalue weighted by Crippen LogP contribution is 2.34. The van der Waals surface area contributed by atoms with Crippen LogP contribution in [-0.2, 0) is 6.18 Å². The number of halogens is 4. The molecule has 0 aliphatic rings. The molecule has 2 N–H and O–H groups in total. The number of nitrogens with two attached hydrogens (primary N) is 1. The van der Waals surface area contributed by atoms with Crippen molar-refractivity contribution >= 4 is 15.9 Å². The predicted octanol–water partition coefficient (Wildman–Crippen LogP) is 4.66. The van der Waals surface area contributed by atoms with E-state index < -0.39 is 11.7 Å². The molecule has 0 bridgehead atoms. The first-order chi connectivity index (χ1) is 7.86. The minimum Gasteiger partial charge on any atom is -0.324 e. The van der Waals surface area contributed by atoms with Crippen molar-refractivity contribution in [3.63, 3.8) is 0 Å². The third-order valence-corrected chi connectivity index (χ3v) is 3.31. The Morgan fingerprint density at radius 2 is 2.00 bits per heavy atom. The van der Waals surface area contributed by atoms with Crippen LogP contribution in [0.15, 0.2) is 22.7 Å². The molecular formula is C12H15BrF3N. The topological polar surface area (TPSA) is 26.0 Å². The Labute approximate surface area is 107 Å². The van der Waals surface area contributed by atoms with Crippen molar-refractivity contribution in [3.05, 3.63) is 33.8 Å². The van der Waals surface area contributed by atoms with Gasteiger partial charge in [0.05, 0.1) is 5.56 Å². The summed E-state index contributed by atoms with van der Waals surface area (Å²) in [7, 11) is 0. The van der Waals surface area contributed by atoms with Gasteiger partial charge in [-0.3, -0.25) is 0 Å². The van der Waals surface area contributed by atoms with E-state index in [9.17, 15) is 13.2 Å². The molecule has 17 heavy (non-hydrogen) atoms. The summed E-state index contributed by atoms with van der Waals surface area (Å²) in [6.45, 7) is 2.02. The van der Waals surface area contributed by atoms with E-state index in [2.05, 4.69) is 15.9 Å². The number of unbranched alkanes of at least 4 members (excludes halogenated alkanes) is 1. The Kier molecular flexibility index (Phi) is 5.01. The van der Waals surface area contributed by atoms with Crippen molar-refractivity contribution in [2.24, 2.45) is 5.73 Å². The highest BCUT2D eigenvalue weighted by atomic mass is 79.9. The lowest BCUT2D eigenvalue weighted by Crippen LogP contribution is -2.13. The van der Waals surface area contributed by atoms with Gasteiger partial charge < -0.3 is 5.73 Å². The average molecular weight is 310 g/mol. The molecule has 0 aliphatic heterocycles. The Hall–Kier alpha value is -0.550. The van der Waals surface area contributed by atoms with Crippen LogP contribution in [-0.4, -0.2) is 0 Å². The monoisotopic (exact) mass is 309 g/mol. The van der Waals surface area contributed by atoms with E-state index in [-0.39, 0.29) is 6.04 Å². The van der Waals surface area contributed by atoms with Gasteiger partial charge in [-0.15, -0.1) is 0 Å². The number of benzene rings is 1. The van der Waals surface area contributed by atoms with Crippen LogP contribution in [0.2, 0.25) is 0 Å². The van der Waals surface area contributed by atoms with Gasteiger partial charge in [0, 0.05) is 10.5 Å². The molecule has 0 saturated carbocycles. The Bertz CT molecular complexity index is 377. The third-order valence-electron chi connectivity index (χ3n) is 2.59. The van der Waals surface area contributed by atoms with E-state index in [0.717, 1.165) is 25.0 Å². The quantitative estimate of drug-likeness (QED) is 0.860. The van der Waals surface area contributed by atoms with Crippen LogP contribution >= 0.6 is 15.9 Å². The first kappa shape index (κ1) is 14.5. The molecule has 0 saturated heterocycles. The molecule has 0 fully saturated rings. The molecule has 1 atom stereocenters. The van der Waals surface area contributed by atoms with Gasteiger partial charge in [0.15, 0.2) is 0 Å². The molecule has 1 rings (SSSR count). The lowest BCUT2D eigenvalue weighted by molar-refractivity contribution is -0.137. The van der Waals surface area contributed by atoms with E-state index in [1.54, 1.807) is 0 Å². The van der Waals surface area contributed by atoms with Gasteiger partial charge in [0.25, 0.3) is 0 Å². The Balaban J connectivity index is 2.98. The summed E-state index contributed by atoms with van der Waals surface area (Å²) in [6, 6.07) is 3.24. The van der Waals surface area contributed by atoms with Crippen LogP contribution in [0.4, 0.5) is 13.2 Å². The van der Waals surface area contributed by atoms with Crippen LogP contribution in [0.3, 0.4) is 0 Å². The SMILES string of the molecule is CCCCC(N)c1cc(C(F)(F)F)ccc1Br. The minimum atomic E-state index is -4.32. The summed E-state index contributed by atoms with van der Waals surface area (Å²) < 4.78 is 38.3. The Morgan fingerprint density at radius 3 is 2.53 bits per heavy atom. The van der Waals surface area contributed by atoms with Gasteiger partial charge in [-0.2, -0.15) is 13.2 Å². The van der Waals surface area contributed by atoms with E-state index in [1.807, 2.05) is 6.92 Å². The zero-order valence-electron chi connectivity index (χ0n) is 9.52.